The minimum absolute atomic E-state index is 0.690. The van der Waals surface area contributed by atoms with Gasteiger partial charge in [-0.1, -0.05) is 212 Å². The molecule has 0 aliphatic carbocycles. The van der Waals surface area contributed by atoms with Crippen molar-refractivity contribution < 1.29 is 4.57 Å². The average molecular weight is 737 g/mol. The van der Waals surface area contributed by atoms with Crippen LogP contribution in [-0.2, 0) is 4.57 Å². The summed E-state index contributed by atoms with van der Waals surface area (Å²) in [5.74, 6) is 0.690. The molecule has 0 fully saturated rings. The molecule has 8 aromatic carbocycles. The number of benzene rings is 8. The van der Waals surface area contributed by atoms with E-state index in [1.807, 2.05) is 97.1 Å². The van der Waals surface area contributed by atoms with Gasteiger partial charge in [-0.3, -0.25) is 0 Å². The first-order valence-corrected chi connectivity index (χ1v) is 20.5. The van der Waals surface area contributed by atoms with Gasteiger partial charge in [0.05, 0.1) is 11.4 Å². The van der Waals surface area contributed by atoms with Gasteiger partial charge in [-0.05, 0) is 45.5 Å². The third-order valence-corrected chi connectivity index (χ3v) is 13.3. The van der Waals surface area contributed by atoms with Gasteiger partial charge in [0.2, 0.25) is 0 Å². The number of rotatable bonds is 9. The van der Waals surface area contributed by atoms with Gasteiger partial charge in [0.25, 0.3) is 0 Å². The number of aromatic nitrogens is 2. The highest BCUT2D eigenvalue weighted by Gasteiger charge is 2.29. The molecular weight excluding hydrogens is 700 g/mol. The maximum atomic E-state index is 14.8. The molecule has 9 aromatic rings. The standard InChI is InChI=1S/C52H37N2OP/c55-56(47-20-9-3-10-21-47,48-22-11-4-12-23-48)49-34-32-41(33-35-49)40-24-26-42(27-25-40)45-18-13-19-46(36-45)51-37-50(53-52(54-51)44-16-7-2-8-17-44)43-30-28-39(29-31-43)38-14-5-1-6-15-38/h1-37H. The van der Waals surface area contributed by atoms with Gasteiger partial charge >= 0.3 is 0 Å². The highest BCUT2D eigenvalue weighted by Crippen LogP contribution is 2.42. The predicted molar refractivity (Wildman–Crippen MR) is 234 cm³/mol. The first kappa shape index (κ1) is 34.8. The third kappa shape index (κ3) is 7.05. The van der Waals surface area contributed by atoms with Gasteiger partial charge in [0.15, 0.2) is 13.0 Å². The van der Waals surface area contributed by atoms with Crippen molar-refractivity contribution in [1.29, 1.82) is 0 Å². The molecule has 0 atom stereocenters. The molecule has 4 heteroatoms. The summed E-state index contributed by atoms with van der Waals surface area (Å²) in [7, 11) is -3.03. The lowest BCUT2D eigenvalue weighted by Gasteiger charge is -2.20. The van der Waals surface area contributed by atoms with Crippen molar-refractivity contribution >= 4 is 23.1 Å². The van der Waals surface area contributed by atoms with Crippen LogP contribution < -0.4 is 15.9 Å². The zero-order chi connectivity index (χ0) is 37.7. The van der Waals surface area contributed by atoms with Gasteiger partial charge < -0.3 is 4.57 Å². The average Bonchev–Trinajstić information content (AvgIpc) is 3.30. The molecular formula is C52H37N2OP. The van der Waals surface area contributed by atoms with E-state index in [1.165, 1.54) is 11.1 Å². The summed E-state index contributed by atoms with van der Waals surface area (Å²) >= 11 is 0. The van der Waals surface area contributed by atoms with E-state index in [0.717, 1.165) is 66.2 Å². The van der Waals surface area contributed by atoms with Crippen LogP contribution in [0.3, 0.4) is 0 Å². The zero-order valence-corrected chi connectivity index (χ0v) is 31.5. The summed E-state index contributed by atoms with van der Waals surface area (Å²) in [5, 5.41) is 2.48. The molecule has 1 heterocycles. The number of hydrogen-bond donors (Lipinski definition) is 0. The molecule has 0 spiro atoms. The fourth-order valence-corrected chi connectivity index (χ4v) is 9.87. The summed E-state index contributed by atoms with van der Waals surface area (Å²) in [5.41, 5.74) is 11.5. The molecule has 266 valence electrons. The van der Waals surface area contributed by atoms with Crippen LogP contribution in [0.4, 0.5) is 0 Å². The third-order valence-electron chi connectivity index (χ3n) is 10.2. The molecule has 9 rings (SSSR count). The fraction of sp³-hybridized carbons (Fsp3) is 0. The van der Waals surface area contributed by atoms with E-state index in [1.54, 1.807) is 0 Å². The Morgan fingerprint density at radius 3 is 1.12 bits per heavy atom. The second-order valence-electron chi connectivity index (χ2n) is 13.8. The first-order chi connectivity index (χ1) is 27.6. The van der Waals surface area contributed by atoms with Gasteiger partial charge in [0, 0.05) is 32.6 Å². The quantitative estimate of drug-likeness (QED) is 0.139. The second kappa shape index (κ2) is 15.4. The lowest BCUT2D eigenvalue weighted by Crippen LogP contribution is -2.24. The molecule has 3 nitrogen and oxygen atoms in total. The highest BCUT2D eigenvalue weighted by atomic mass is 31.2. The Bertz CT molecular complexity index is 2730. The summed E-state index contributed by atoms with van der Waals surface area (Å²) in [6.07, 6.45) is 0. The van der Waals surface area contributed by atoms with E-state index in [0.29, 0.717) is 5.82 Å². The maximum absolute atomic E-state index is 14.8. The molecule has 0 saturated heterocycles. The summed E-state index contributed by atoms with van der Waals surface area (Å²) in [6.45, 7) is 0. The minimum Gasteiger partial charge on any atom is -0.309 e. The van der Waals surface area contributed by atoms with E-state index >= 15 is 0 Å². The molecule has 0 unspecified atom stereocenters. The van der Waals surface area contributed by atoms with Crippen molar-refractivity contribution in [3.05, 3.63) is 224 Å². The zero-order valence-electron chi connectivity index (χ0n) is 30.6. The van der Waals surface area contributed by atoms with Crippen LogP contribution in [0.5, 0.6) is 0 Å². The van der Waals surface area contributed by atoms with Gasteiger partial charge in [-0.25, -0.2) is 9.97 Å². The Balaban J connectivity index is 1.01. The van der Waals surface area contributed by atoms with Crippen molar-refractivity contribution in [2.24, 2.45) is 0 Å². The van der Waals surface area contributed by atoms with Crippen LogP contribution >= 0.6 is 7.14 Å². The maximum Gasteiger partial charge on any atom is 0.171 e. The van der Waals surface area contributed by atoms with Crippen molar-refractivity contribution in [1.82, 2.24) is 9.97 Å². The molecule has 0 radical (unpaired) electrons. The van der Waals surface area contributed by atoms with E-state index in [2.05, 4.69) is 127 Å². The normalized spacial score (nSPS) is 11.3. The van der Waals surface area contributed by atoms with Crippen molar-refractivity contribution in [3.8, 4) is 67.3 Å². The Morgan fingerprint density at radius 2 is 0.607 bits per heavy atom. The van der Waals surface area contributed by atoms with E-state index < -0.39 is 7.14 Å². The van der Waals surface area contributed by atoms with Crippen LogP contribution in [0.25, 0.3) is 67.3 Å². The molecule has 0 aliphatic heterocycles. The van der Waals surface area contributed by atoms with Gasteiger partial charge in [-0.15, -0.1) is 0 Å². The molecule has 0 amide bonds. The SMILES string of the molecule is O=P(c1ccccc1)(c1ccccc1)c1ccc(-c2ccc(-c3cccc(-c4cc(-c5ccc(-c6ccccc6)cc5)nc(-c5ccccc5)n4)c3)cc2)cc1. The van der Waals surface area contributed by atoms with E-state index in [4.69, 9.17) is 9.97 Å². The number of nitrogens with zero attached hydrogens (tertiary/aromatic N) is 2. The Hall–Kier alpha value is -6.93. The molecule has 0 bridgehead atoms. The van der Waals surface area contributed by atoms with Gasteiger partial charge in [0.1, 0.15) is 0 Å². The van der Waals surface area contributed by atoms with Crippen LogP contribution in [0, 0.1) is 0 Å². The van der Waals surface area contributed by atoms with Crippen molar-refractivity contribution in [2.45, 2.75) is 0 Å². The lowest BCUT2D eigenvalue weighted by molar-refractivity contribution is 0.592. The lowest BCUT2D eigenvalue weighted by atomic mass is 9.98. The Kier molecular flexibility index (Phi) is 9.59. The summed E-state index contributed by atoms with van der Waals surface area (Å²) < 4.78 is 14.8. The van der Waals surface area contributed by atoms with Gasteiger partial charge in [-0.2, -0.15) is 0 Å². The van der Waals surface area contributed by atoms with Crippen LogP contribution in [0.1, 0.15) is 0 Å². The number of hydrogen-bond acceptors (Lipinski definition) is 3. The van der Waals surface area contributed by atoms with E-state index in [-0.39, 0.29) is 0 Å². The minimum atomic E-state index is -3.03. The van der Waals surface area contributed by atoms with Crippen molar-refractivity contribution in [2.75, 3.05) is 0 Å². The molecule has 0 saturated carbocycles. The van der Waals surface area contributed by atoms with E-state index in [9.17, 15) is 4.57 Å². The Morgan fingerprint density at radius 1 is 0.268 bits per heavy atom. The topological polar surface area (TPSA) is 42.9 Å². The highest BCUT2D eigenvalue weighted by molar-refractivity contribution is 7.85. The monoisotopic (exact) mass is 736 g/mol. The van der Waals surface area contributed by atoms with Crippen LogP contribution in [-0.4, -0.2) is 9.97 Å². The van der Waals surface area contributed by atoms with Crippen molar-refractivity contribution in [3.63, 3.8) is 0 Å². The fourth-order valence-electron chi connectivity index (χ4n) is 7.22. The smallest absolute Gasteiger partial charge is 0.171 e. The predicted octanol–water partition coefficient (Wildman–Crippen LogP) is 12.1. The summed E-state index contributed by atoms with van der Waals surface area (Å²) in [6, 6.07) is 76.2. The van der Waals surface area contributed by atoms with Crippen LogP contribution in [0.2, 0.25) is 0 Å². The Labute approximate surface area is 328 Å². The molecule has 56 heavy (non-hydrogen) atoms. The molecule has 1 aromatic heterocycles. The largest absolute Gasteiger partial charge is 0.309 e. The van der Waals surface area contributed by atoms with Crippen LogP contribution in [0.15, 0.2) is 224 Å². The second-order valence-corrected chi connectivity index (χ2v) is 16.5. The molecule has 0 aliphatic rings. The molecule has 0 N–H and O–H groups in total. The first-order valence-electron chi connectivity index (χ1n) is 18.8. The summed E-state index contributed by atoms with van der Waals surface area (Å²) in [4.78, 5) is 10.1.